The van der Waals surface area contributed by atoms with Crippen molar-refractivity contribution in [1.29, 1.82) is 0 Å². The summed E-state index contributed by atoms with van der Waals surface area (Å²) >= 11 is 0. The van der Waals surface area contributed by atoms with Crippen molar-refractivity contribution in [2.75, 3.05) is 13.1 Å². The van der Waals surface area contributed by atoms with E-state index in [1.807, 2.05) is 0 Å². The Labute approximate surface area is 92.6 Å². The Balaban J connectivity index is 2.78. The highest BCUT2D eigenvalue weighted by Gasteiger charge is 2.14. The fourth-order valence-corrected chi connectivity index (χ4v) is 1.58. The summed E-state index contributed by atoms with van der Waals surface area (Å²) in [4.78, 5) is 0. The van der Waals surface area contributed by atoms with E-state index in [0.29, 0.717) is 5.56 Å². The predicted molar refractivity (Wildman–Crippen MR) is 56.9 cm³/mol. The molecule has 1 rings (SSSR count). The molecule has 0 radical (unpaired) electrons. The Morgan fingerprint density at radius 1 is 1.38 bits per heavy atom. The lowest BCUT2D eigenvalue weighted by Crippen LogP contribution is -2.32. The second kappa shape index (κ2) is 5.86. The number of hydrogen-bond acceptors (Lipinski definition) is 2. The lowest BCUT2D eigenvalue weighted by atomic mass is 10.0. The quantitative estimate of drug-likeness (QED) is 0.814. The van der Waals surface area contributed by atoms with Crippen molar-refractivity contribution in [2.45, 2.75) is 19.4 Å². The number of hydrogen-bond donors (Lipinski definition) is 2. The summed E-state index contributed by atoms with van der Waals surface area (Å²) in [6.45, 7) is 1.50. The van der Waals surface area contributed by atoms with Gasteiger partial charge in [-0.25, -0.2) is 13.2 Å². The molecule has 90 valence electrons. The Hall–Kier alpha value is -1.07. The molecule has 0 heterocycles. The third-order valence-electron chi connectivity index (χ3n) is 2.36. The number of alkyl halides is 2. The Morgan fingerprint density at radius 2 is 2.06 bits per heavy atom. The van der Waals surface area contributed by atoms with E-state index in [0.717, 1.165) is 5.56 Å². The molecule has 1 unspecified atom stereocenters. The molecule has 1 aromatic carbocycles. The maximum Gasteiger partial charge on any atom is 0.250 e. The van der Waals surface area contributed by atoms with Gasteiger partial charge in [0.2, 0.25) is 0 Å². The van der Waals surface area contributed by atoms with Gasteiger partial charge >= 0.3 is 0 Å². The fourth-order valence-electron chi connectivity index (χ4n) is 1.58. The number of nitrogens with one attached hydrogen (secondary N) is 1. The van der Waals surface area contributed by atoms with E-state index in [-0.39, 0.29) is 18.4 Å². The summed E-state index contributed by atoms with van der Waals surface area (Å²) in [6.07, 6.45) is -2.42. The summed E-state index contributed by atoms with van der Waals surface area (Å²) in [7, 11) is 0. The minimum Gasteiger partial charge on any atom is -0.329 e. The Morgan fingerprint density at radius 3 is 2.56 bits per heavy atom. The van der Waals surface area contributed by atoms with Crippen LogP contribution in [-0.2, 0) is 0 Å². The molecule has 1 atom stereocenters. The number of rotatable bonds is 5. The number of halogens is 3. The van der Waals surface area contributed by atoms with Gasteiger partial charge in [-0.05, 0) is 30.2 Å². The molecular weight excluding hydrogens is 217 g/mol. The highest BCUT2D eigenvalue weighted by atomic mass is 19.3. The first-order valence-corrected chi connectivity index (χ1v) is 5.02. The third kappa shape index (κ3) is 3.50. The van der Waals surface area contributed by atoms with Gasteiger partial charge in [0.05, 0.1) is 6.54 Å². The SMILES string of the molecule is Cc1cc(F)ccc1C(CN)NCC(F)F. The van der Waals surface area contributed by atoms with Crippen molar-refractivity contribution in [2.24, 2.45) is 5.73 Å². The number of benzene rings is 1. The van der Waals surface area contributed by atoms with Crippen LogP contribution in [0, 0.1) is 12.7 Å². The van der Waals surface area contributed by atoms with Gasteiger partial charge in [0, 0.05) is 12.6 Å². The van der Waals surface area contributed by atoms with Crippen LogP contribution in [-0.4, -0.2) is 19.5 Å². The van der Waals surface area contributed by atoms with Crippen molar-refractivity contribution in [3.8, 4) is 0 Å². The molecule has 0 saturated carbocycles. The standard InChI is InChI=1S/C11H15F3N2/c1-7-4-8(12)2-3-9(7)10(5-15)16-6-11(13)14/h2-4,10-11,16H,5-6,15H2,1H3. The zero-order valence-corrected chi connectivity index (χ0v) is 9.01. The Kier molecular flexibility index (Phi) is 4.76. The molecule has 16 heavy (non-hydrogen) atoms. The van der Waals surface area contributed by atoms with Crippen LogP contribution >= 0.6 is 0 Å². The molecule has 0 saturated heterocycles. The van der Waals surface area contributed by atoms with Gasteiger partial charge in [0.15, 0.2) is 0 Å². The number of aryl methyl sites for hydroxylation is 1. The molecule has 1 aromatic rings. The van der Waals surface area contributed by atoms with E-state index >= 15 is 0 Å². The second-order valence-electron chi connectivity index (χ2n) is 3.59. The number of nitrogens with two attached hydrogens (primary N) is 1. The van der Waals surface area contributed by atoms with Gasteiger partial charge in [-0.15, -0.1) is 0 Å². The van der Waals surface area contributed by atoms with Gasteiger partial charge in [0.25, 0.3) is 6.43 Å². The molecule has 0 bridgehead atoms. The highest BCUT2D eigenvalue weighted by Crippen LogP contribution is 2.18. The van der Waals surface area contributed by atoms with Crippen LogP contribution in [0.15, 0.2) is 18.2 Å². The predicted octanol–water partition coefficient (Wildman–Crippen LogP) is 1.99. The zero-order valence-electron chi connectivity index (χ0n) is 9.01. The molecule has 3 N–H and O–H groups in total. The van der Waals surface area contributed by atoms with Gasteiger partial charge in [0.1, 0.15) is 5.82 Å². The first-order chi connectivity index (χ1) is 7.54. The summed E-state index contributed by atoms with van der Waals surface area (Å²) in [6, 6.07) is 3.87. The summed E-state index contributed by atoms with van der Waals surface area (Å²) < 4.78 is 37.0. The first kappa shape index (κ1) is 13.0. The highest BCUT2D eigenvalue weighted by molar-refractivity contribution is 5.29. The van der Waals surface area contributed by atoms with Crippen LogP contribution in [0.5, 0.6) is 0 Å². The van der Waals surface area contributed by atoms with Crippen LogP contribution < -0.4 is 11.1 Å². The van der Waals surface area contributed by atoms with Crippen molar-refractivity contribution >= 4 is 0 Å². The van der Waals surface area contributed by atoms with Crippen molar-refractivity contribution in [3.05, 3.63) is 35.1 Å². The van der Waals surface area contributed by atoms with E-state index in [1.54, 1.807) is 13.0 Å². The van der Waals surface area contributed by atoms with Crippen LogP contribution in [0.1, 0.15) is 17.2 Å². The van der Waals surface area contributed by atoms with Crippen molar-refractivity contribution in [3.63, 3.8) is 0 Å². The molecule has 0 aliphatic heterocycles. The molecule has 2 nitrogen and oxygen atoms in total. The smallest absolute Gasteiger partial charge is 0.250 e. The molecule has 0 aliphatic rings. The molecule has 0 aromatic heterocycles. The maximum absolute atomic E-state index is 12.9. The minimum atomic E-state index is -2.42. The molecule has 0 spiro atoms. The summed E-state index contributed by atoms with van der Waals surface area (Å²) in [5, 5.41) is 2.65. The molecule has 0 fully saturated rings. The van der Waals surface area contributed by atoms with E-state index in [1.165, 1.54) is 12.1 Å². The van der Waals surface area contributed by atoms with Crippen LogP contribution in [0.4, 0.5) is 13.2 Å². The van der Waals surface area contributed by atoms with E-state index in [2.05, 4.69) is 5.32 Å². The molecular formula is C11H15F3N2. The Bertz CT molecular complexity index is 342. The monoisotopic (exact) mass is 232 g/mol. The van der Waals surface area contributed by atoms with Gasteiger partial charge < -0.3 is 11.1 Å². The molecule has 5 heteroatoms. The van der Waals surface area contributed by atoms with Crippen LogP contribution in [0.25, 0.3) is 0 Å². The second-order valence-corrected chi connectivity index (χ2v) is 3.59. The van der Waals surface area contributed by atoms with E-state index in [4.69, 9.17) is 5.73 Å². The average molecular weight is 232 g/mol. The van der Waals surface area contributed by atoms with Gasteiger partial charge in [-0.1, -0.05) is 6.07 Å². The first-order valence-electron chi connectivity index (χ1n) is 5.02. The maximum atomic E-state index is 12.9. The van der Waals surface area contributed by atoms with Gasteiger partial charge in [-0.2, -0.15) is 0 Å². The zero-order chi connectivity index (χ0) is 12.1. The lowest BCUT2D eigenvalue weighted by molar-refractivity contribution is 0.141. The van der Waals surface area contributed by atoms with Crippen LogP contribution in [0.2, 0.25) is 0 Å². The third-order valence-corrected chi connectivity index (χ3v) is 2.36. The van der Waals surface area contributed by atoms with E-state index in [9.17, 15) is 13.2 Å². The molecule has 0 amide bonds. The topological polar surface area (TPSA) is 38.0 Å². The van der Waals surface area contributed by atoms with Crippen molar-refractivity contribution < 1.29 is 13.2 Å². The van der Waals surface area contributed by atoms with Crippen LogP contribution in [0.3, 0.4) is 0 Å². The lowest BCUT2D eigenvalue weighted by Gasteiger charge is -2.19. The molecule has 0 aliphatic carbocycles. The minimum absolute atomic E-state index is 0.194. The van der Waals surface area contributed by atoms with Crippen molar-refractivity contribution in [1.82, 2.24) is 5.32 Å². The van der Waals surface area contributed by atoms with E-state index < -0.39 is 13.0 Å². The normalized spacial score (nSPS) is 13.1. The summed E-state index contributed by atoms with van der Waals surface area (Å²) in [5.74, 6) is -0.342. The average Bonchev–Trinajstić information content (AvgIpc) is 2.21. The summed E-state index contributed by atoms with van der Waals surface area (Å²) in [5.41, 5.74) is 6.96. The van der Waals surface area contributed by atoms with Gasteiger partial charge in [-0.3, -0.25) is 0 Å². The largest absolute Gasteiger partial charge is 0.329 e. The fraction of sp³-hybridized carbons (Fsp3) is 0.455.